The fourth-order valence-electron chi connectivity index (χ4n) is 4.64. The topological polar surface area (TPSA) is 103 Å². The number of hydrogen-bond acceptors (Lipinski definition) is 6. The predicted octanol–water partition coefficient (Wildman–Crippen LogP) is 4.11. The first-order valence-corrected chi connectivity index (χ1v) is 11.6. The minimum atomic E-state index is -0.533. The van der Waals surface area contributed by atoms with E-state index < -0.39 is 11.9 Å². The average Bonchev–Trinajstić information content (AvgIpc) is 3.20. The van der Waals surface area contributed by atoms with E-state index in [9.17, 15) is 9.59 Å². The molecule has 1 unspecified atom stereocenters. The average molecular weight is 481 g/mol. The summed E-state index contributed by atoms with van der Waals surface area (Å²) in [4.78, 5) is 25.3. The normalized spacial score (nSPS) is 15.0. The molecule has 3 aromatic rings. The largest absolute Gasteiger partial charge is 0.493 e. The Morgan fingerprint density at radius 1 is 1.06 bits per heavy atom. The Kier molecular flexibility index (Phi) is 6.91. The Balaban J connectivity index is 1.71. The molecule has 0 bridgehead atoms. The van der Waals surface area contributed by atoms with Crippen LogP contribution in [0.4, 0.5) is 0 Å². The van der Waals surface area contributed by atoms with Crippen molar-refractivity contribution < 1.29 is 23.7 Å². The number of fused-ring (bicyclic) bond motifs is 1. The molecular formula is C27H32N2O6. The molecule has 1 aliphatic rings. The van der Waals surface area contributed by atoms with E-state index in [0.29, 0.717) is 23.5 Å². The molecule has 1 aliphatic heterocycles. The number of aromatic amines is 2. The second-order valence-electron chi connectivity index (χ2n) is 9.40. The van der Waals surface area contributed by atoms with Gasteiger partial charge in [-0.05, 0) is 61.6 Å². The van der Waals surface area contributed by atoms with Crippen LogP contribution >= 0.6 is 0 Å². The van der Waals surface area contributed by atoms with Crippen molar-refractivity contribution in [2.45, 2.75) is 51.0 Å². The SMILES string of the molecule is COC(=O)CC(c1ccc(OC)c(OC)c1)c1c(Cc2ccc3c(c2)CCC(C)(C)O3)[nH][nH]c1=O. The van der Waals surface area contributed by atoms with Crippen LogP contribution in [-0.4, -0.2) is 43.1 Å². The van der Waals surface area contributed by atoms with Crippen molar-refractivity contribution in [3.05, 3.63) is 74.7 Å². The molecule has 8 nitrogen and oxygen atoms in total. The number of hydrogen-bond donors (Lipinski definition) is 2. The molecule has 0 spiro atoms. The second-order valence-corrected chi connectivity index (χ2v) is 9.40. The summed E-state index contributed by atoms with van der Waals surface area (Å²) in [5.41, 5.74) is 3.73. The van der Waals surface area contributed by atoms with Gasteiger partial charge in [-0.15, -0.1) is 0 Å². The van der Waals surface area contributed by atoms with Crippen molar-refractivity contribution >= 4 is 5.97 Å². The van der Waals surface area contributed by atoms with Crippen molar-refractivity contribution in [3.63, 3.8) is 0 Å². The van der Waals surface area contributed by atoms with Gasteiger partial charge in [0.2, 0.25) is 0 Å². The number of aryl methyl sites for hydroxylation is 1. The smallest absolute Gasteiger partial charge is 0.306 e. The first kappa shape index (κ1) is 24.4. The molecular weight excluding hydrogens is 448 g/mol. The minimum Gasteiger partial charge on any atom is -0.493 e. The summed E-state index contributed by atoms with van der Waals surface area (Å²) in [5, 5.41) is 5.74. The summed E-state index contributed by atoms with van der Waals surface area (Å²) in [5.74, 6) is 1.04. The van der Waals surface area contributed by atoms with Crippen molar-refractivity contribution in [3.8, 4) is 17.2 Å². The number of carbonyl (C=O) groups is 1. The standard InChI is InChI=1S/C27H32N2O6/c1-27(2)11-10-18-12-16(6-8-21(18)35-27)13-20-25(26(31)29-28-20)19(15-24(30)34-5)17-7-9-22(32-3)23(14-17)33-4/h6-9,12,14,19H,10-11,13,15H2,1-5H3,(H2,28,29,31). The maximum atomic E-state index is 13.0. The minimum absolute atomic E-state index is 0.00697. The highest BCUT2D eigenvalue weighted by atomic mass is 16.5. The van der Waals surface area contributed by atoms with Crippen molar-refractivity contribution in [1.82, 2.24) is 10.2 Å². The monoisotopic (exact) mass is 480 g/mol. The van der Waals surface area contributed by atoms with Crippen molar-refractivity contribution in [2.24, 2.45) is 0 Å². The number of benzene rings is 2. The van der Waals surface area contributed by atoms with Gasteiger partial charge in [-0.3, -0.25) is 14.7 Å². The van der Waals surface area contributed by atoms with Gasteiger partial charge in [0, 0.05) is 23.6 Å². The molecule has 4 rings (SSSR count). The van der Waals surface area contributed by atoms with Crippen LogP contribution < -0.4 is 19.8 Å². The molecule has 0 saturated carbocycles. The van der Waals surface area contributed by atoms with Gasteiger partial charge in [0.05, 0.1) is 27.8 Å². The Morgan fingerprint density at radius 3 is 2.54 bits per heavy atom. The van der Waals surface area contributed by atoms with Gasteiger partial charge in [-0.1, -0.05) is 18.2 Å². The van der Waals surface area contributed by atoms with Crippen LogP contribution in [0.1, 0.15) is 60.6 Å². The van der Waals surface area contributed by atoms with Crippen LogP contribution in [0.2, 0.25) is 0 Å². The highest BCUT2D eigenvalue weighted by Crippen LogP contribution is 2.37. The number of nitrogens with one attached hydrogen (secondary N) is 2. The Labute approximate surface area is 204 Å². The first-order valence-electron chi connectivity index (χ1n) is 11.6. The number of carbonyl (C=O) groups excluding carboxylic acids is 1. The van der Waals surface area contributed by atoms with Crippen LogP contribution in [0.25, 0.3) is 0 Å². The van der Waals surface area contributed by atoms with Gasteiger partial charge < -0.3 is 24.0 Å². The fourth-order valence-corrected chi connectivity index (χ4v) is 4.64. The van der Waals surface area contributed by atoms with Crippen LogP contribution in [0.3, 0.4) is 0 Å². The van der Waals surface area contributed by atoms with E-state index in [1.807, 2.05) is 18.2 Å². The lowest BCUT2D eigenvalue weighted by Crippen LogP contribution is -2.32. The number of ether oxygens (including phenoxy) is 4. The molecule has 186 valence electrons. The highest BCUT2D eigenvalue weighted by molar-refractivity contribution is 5.71. The number of H-pyrrole nitrogens is 2. The first-order chi connectivity index (χ1) is 16.7. The maximum absolute atomic E-state index is 13.0. The highest BCUT2D eigenvalue weighted by Gasteiger charge is 2.29. The quantitative estimate of drug-likeness (QED) is 0.471. The lowest BCUT2D eigenvalue weighted by molar-refractivity contribution is -0.140. The van der Waals surface area contributed by atoms with Gasteiger partial charge >= 0.3 is 5.97 Å². The van der Waals surface area contributed by atoms with E-state index in [4.69, 9.17) is 18.9 Å². The van der Waals surface area contributed by atoms with Crippen LogP contribution in [0, 0.1) is 0 Å². The zero-order chi connectivity index (χ0) is 25.2. The molecule has 0 fully saturated rings. The second kappa shape index (κ2) is 9.90. The molecule has 2 N–H and O–H groups in total. The van der Waals surface area contributed by atoms with Gasteiger partial charge in [0.15, 0.2) is 11.5 Å². The predicted molar refractivity (Wildman–Crippen MR) is 132 cm³/mol. The van der Waals surface area contributed by atoms with E-state index >= 15 is 0 Å². The molecule has 2 heterocycles. The Hall–Kier alpha value is -3.68. The van der Waals surface area contributed by atoms with E-state index in [1.165, 1.54) is 7.11 Å². The van der Waals surface area contributed by atoms with Gasteiger partial charge in [-0.2, -0.15) is 0 Å². The number of esters is 1. The van der Waals surface area contributed by atoms with E-state index in [1.54, 1.807) is 26.4 Å². The Morgan fingerprint density at radius 2 is 1.83 bits per heavy atom. The molecule has 0 radical (unpaired) electrons. The third-order valence-electron chi connectivity index (χ3n) is 6.54. The molecule has 0 amide bonds. The van der Waals surface area contributed by atoms with Crippen molar-refractivity contribution in [1.29, 1.82) is 0 Å². The zero-order valence-electron chi connectivity index (χ0n) is 20.8. The van der Waals surface area contributed by atoms with Gasteiger partial charge in [0.25, 0.3) is 5.56 Å². The van der Waals surface area contributed by atoms with Crippen LogP contribution in [-0.2, 0) is 22.4 Å². The summed E-state index contributed by atoms with van der Waals surface area (Å²) in [7, 11) is 4.45. The van der Waals surface area contributed by atoms with Crippen LogP contribution in [0.15, 0.2) is 41.2 Å². The van der Waals surface area contributed by atoms with Crippen LogP contribution in [0.5, 0.6) is 17.2 Å². The molecule has 8 heteroatoms. The third kappa shape index (κ3) is 5.21. The molecule has 35 heavy (non-hydrogen) atoms. The van der Waals surface area contributed by atoms with E-state index in [2.05, 4.69) is 30.1 Å². The molecule has 1 atom stereocenters. The lowest BCUT2D eigenvalue weighted by atomic mass is 9.86. The number of rotatable bonds is 8. The van der Waals surface area contributed by atoms with Gasteiger partial charge in [-0.25, -0.2) is 0 Å². The van der Waals surface area contributed by atoms with Gasteiger partial charge in [0.1, 0.15) is 11.4 Å². The molecule has 1 aromatic heterocycles. The summed E-state index contributed by atoms with van der Waals surface area (Å²) >= 11 is 0. The fraction of sp³-hybridized carbons (Fsp3) is 0.407. The third-order valence-corrected chi connectivity index (χ3v) is 6.54. The Bertz CT molecular complexity index is 1270. The van der Waals surface area contributed by atoms with E-state index in [-0.39, 0.29) is 17.6 Å². The summed E-state index contributed by atoms with van der Waals surface area (Å²) in [6, 6.07) is 11.5. The number of aromatic nitrogens is 2. The lowest BCUT2D eigenvalue weighted by Gasteiger charge is -2.32. The van der Waals surface area contributed by atoms with E-state index in [0.717, 1.165) is 41.0 Å². The summed E-state index contributed by atoms with van der Waals surface area (Å²) in [6.45, 7) is 4.19. The van der Waals surface area contributed by atoms with Crippen molar-refractivity contribution in [2.75, 3.05) is 21.3 Å². The summed E-state index contributed by atoms with van der Waals surface area (Å²) < 4.78 is 21.9. The summed E-state index contributed by atoms with van der Waals surface area (Å²) in [6.07, 6.45) is 2.38. The zero-order valence-corrected chi connectivity index (χ0v) is 20.8. The molecule has 0 saturated heterocycles. The molecule has 2 aromatic carbocycles. The number of methoxy groups -OCH3 is 3. The maximum Gasteiger partial charge on any atom is 0.306 e. The molecule has 0 aliphatic carbocycles.